The van der Waals surface area contributed by atoms with Crippen molar-refractivity contribution in [1.82, 2.24) is 10.2 Å². The highest BCUT2D eigenvalue weighted by Crippen LogP contribution is 2.30. The fraction of sp³-hybridized carbons (Fsp3) is 1.00. The second-order valence-electron chi connectivity index (χ2n) is 6.02. The summed E-state index contributed by atoms with van der Waals surface area (Å²) in [4.78, 5) is 2.70. The Bertz CT molecular complexity index is 246. The van der Waals surface area contributed by atoms with Crippen LogP contribution in [0.15, 0.2) is 0 Å². The number of rotatable bonds is 4. The maximum atomic E-state index is 6.07. The Hall–Kier alpha value is 0.460. The van der Waals surface area contributed by atoms with E-state index in [0.717, 1.165) is 18.6 Å². The fourth-order valence-electron chi connectivity index (χ4n) is 3.16. The lowest BCUT2D eigenvalue weighted by Crippen LogP contribution is -2.49. The Morgan fingerprint density at radius 3 is 2.42 bits per heavy atom. The number of piperidine rings is 2. The molecule has 0 aromatic rings. The molecule has 0 radical (unpaired) electrons. The summed E-state index contributed by atoms with van der Waals surface area (Å²) >= 11 is 0. The first-order valence-corrected chi connectivity index (χ1v) is 7.48. The number of nitrogens with zero attached hydrogens (tertiary/aromatic N) is 1. The smallest absolute Gasteiger partial charge is 0.0702 e. The van der Waals surface area contributed by atoms with Gasteiger partial charge >= 0.3 is 0 Å². The quantitative estimate of drug-likeness (QED) is 0.863. The third kappa shape index (κ3) is 5.39. The Balaban J connectivity index is 0.000000902. The first-order valence-electron chi connectivity index (χ1n) is 7.48. The summed E-state index contributed by atoms with van der Waals surface area (Å²) in [6.07, 6.45) is 8.62. The molecule has 3 rings (SSSR count). The van der Waals surface area contributed by atoms with Crippen LogP contribution in [0.2, 0.25) is 0 Å². The Morgan fingerprint density at radius 2 is 1.74 bits per heavy atom. The zero-order chi connectivity index (χ0) is 11.5. The molecule has 2 saturated heterocycles. The van der Waals surface area contributed by atoms with E-state index in [9.17, 15) is 0 Å². The largest absolute Gasteiger partial charge is 0.377 e. The highest BCUT2D eigenvalue weighted by molar-refractivity contribution is 5.85. The highest BCUT2D eigenvalue weighted by atomic mass is 35.5. The molecule has 0 aromatic carbocycles. The predicted octanol–water partition coefficient (Wildman–Crippen LogP) is 2.47. The number of likely N-dealkylation sites (tertiary alicyclic amines) is 1. The van der Waals surface area contributed by atoms with Crippen molar-refractivity contribution in [3.05, 3.63) is 0 Å². The summed E-state index contributed by atoms with van der Waals surface area (Å²) in [5.74, 6) is 0.907. The summed E-state index contributed by atoms with van der Waals surface area (Å²) in [7, 11) is 0. The van der Waals surface area contributed by atoms with E-state index in [0.29, 0.717) is 6.10 Å². The number of ether oxygens (including phenoxy) is 1. The molecule has 19 heavy (non-hydrogen) atoms. The van der Waals surface area contributed by atoms with Gasteiger partial charge in [-0.3, -0.25) is 4.90 Å². The van der Waals surface area contributed by atoms with Crippen molar-refractivity contribution in [3.8, 4) is 0 Å². The van der Waals surface area contributed by atoms with E-state index in [2.05, 4.69) is 10.2 Å². The molecule has 114 valence electrons. The predicted molar refractivity (Wildman–Crippen MR) is 83.7 cm³/mol. The Kier molecular flexibility index (Phi) is 8.00. The first kappa shape index (κ1) is 17.5. The van der Waals surface area contributed by atoms with E-state index in [1.54, 1.807) is 0 Å². The highest BCUT2D eigenvalue weighted by Gasteiger charge is 2.29. The molecule has 2 heterocycles. The maximum absolute atomic E-state index is 6.07. The molecule has 0 unspecified atom stereocenters. The van der Waals surface area contributed by atoms with Crippen molar-refractivity contribution in [2.75, 3.05) is 32.8 Å². The molecular weight excluding hydrogens is 283 g/mol. The van der Waals surface area contributed by atoms with Crippen LogP contribution >= 0.6 is 24.8 Å². The van der Waals surface area contributed by atoms with Crippen LogP contribution in [0.5, 0.6) is 0 Å². The maximum Gasteiger partial charge on any atom is 0.0702 e. The monoisotopic (exact) mass is 310 g/mol. The number of hydrogen-bond donors (Lipinski definition) is 1. The van der Waals surface area contributed by atoms with Crippen molar-refractivity contribution in [2.24, 2.45) is 5.92 Å². The molecule has 2 aliphatic heterocycles. The van der Waals surface area contributed by atoms with Crippen molar-refractivity contribution >= 4 is 24.8 Å². The molecular formula is C14H28Cl2N2O. The molecule has 5 heteroatoms. The van der Waals surface area contributed by atoms with E-state index in [1.807, 2.05) is 0 Å². The number of halogens is 2. The zero-order valence-corrected chi connectivity index (χ0v) is 13.3. The van der Waals surface area contributed by atoms with Crippen molar-refractivity contribution in [3.63, 3.8) is 0 Å². The van der Waals surface area contributed by atoms with Crippen LogP contribution in [0, 0.1) is 5.92 Å². The third-order valence-electron chi connectivity index (χ3n) is 4.50. The number of hydrogen-bond acceptors (Lipinski definition) is 3. The molecule has 1 aliphatic carbocycles. The molecule has 3 fully saturated rings. The van der Waals surface area contributed by atoms with Crippen LogP contribution in [0.1, 0.15) is 38.5 Å². The van der Waals surface area contributed by atoms with E-state index in [4.69, 9.17) is 4.74 Å². The minimum Gasteiger partial charge on any atom is -0.377 e. The third-order valence-corrected chi connectivity index (χ3v) is 4.50. The molecule has 1 N–H and O–H groups in total. The van der Waals surface area contributed by atoms with Gasteiger partial charge in [-0.1, -0.05) is 0 Å². The second-order valence-corrected chi connectivity index (χ2v) is 6.02. The normalized spacial score (nSPS) is 29.4. The van der Waals surface area contributed by atoms with Gasteiger partial charge in [0.15, 0.2) is 0 Å². The van der Waals surface area contributed by atoms with Crippen molar-refractivity contribution in [2.45, 2.75) is 50.7 Å². The minimum absolute atomic E-state index is 0. The molecule has 0 aromatic heterocycles. The van der Waals surface area contributed by atoms with Gasteiger partial charge in [-0.15, -0.1) is 24.8 Å². The van der Waals surface area contributed by atoms with Crippen LogP contribution < -0.4 is 5.32 Å². The van der Waals surface area contributed by atoms with Crippen molar-refractivity contribution < 1.29 is 4.74 Å². The minimum atomic E-state index is 0. The van der Waals surface area contributed by atoms with Gasteiger partial charge in [0.25, 0.3) is 0 Å². The van der Waals surface area contributed by atoms with Crippen LogP contribution in [-0.4, -0.2) is 49.8 Å². The standard InChI is InChI=1S/C14H26N2O.2ClH/c1-2-14(17-11-12-3-4-12)10-16(9-1)13-5-7-15-8-6-13;;/h12-15H,1-11H2;2*1H/t14-;;/m1../s1. The zero-order valence-electron chi connectivity index (χ0n) is 11.7. The molecule has 1 atom stereocenters. The number of nitrogens with one attached hydrogen (secondary N) is 1. The van der Waals surface area contributed by atoms with Gasteiger partial charge in [0.05, 0.1) is 6.10 Å². The summed E-state index contributed by atoms with van der Waals surface area (Å²) in [6.45, 7) is 5.93. The van der Waals surface area contributed by atoms with Crippen LogP contribution in [-0.2, 0) is 4.74 Å². The van der Waals surface area contributed by atoms with Gasteiger partial charge in [-0.25, -0.2) is 0 Å². The average molecular weight is 311 g/mol. The lowest BCUT2D eigenvalue weighted by Gasteiger charge is -2.40. The lowest BCUT2D eigenvalue weighted by atomic mass is 10.00. The molecule has 0 amide bonds. The van der Waals surface area contributed by atoms with Gasteiger partial charge in [0.2, 0.25) is 0 Å². The fourth-order valence-corrected chi connectivity index (χ4v) is 3.16. The van der Waals surface area contributed by atoms with Gasteiger partial charge < -0.3 is 10.1 Å². The summed E-state index contributed by atoms with van der Waals surface area (Å²) < 4.78 is 6.07. The van der Waals surface area contributed by atoms with Gasteiger partial charge in [0, 0.05) is 19.2 Å². The summed E-state index contributed by atoms with van der Waals surface area (Å²) in [5.41, 5.74) is 0. The van der Waals surface area contributed by atoms with E-state index >= 15 is 0 Å². The average Bonchev–Trinajstić information content (AvgIpc) is 3.22. The lowest BCUT2D eigenvalue weighted by molar-refractivity contribution is -0.0204. The van der Waals surface area contributed by atoms with E-state index in [-0.39, 0.29) is 24.8 Å². The molecule has 0 spiro atoms. The molecule has 1 saturated carbocycles. The molecule has 0 bridgehead atoms. The van der Waals surface area contributed by atoms with E-state index < -0.39 is 0 Å². The molecule has 3 nitrogen and oxygen atoms in total. The SMILES string of the molecule is C1C[C@@H](OCC2CC2)CN(C2CCNCC2)C1.Cl.Cl. The Labute approximate surface area is 129 Å². The van der Waals surface area contributed by atoms with Gasteiger partial charge in [-0.2, -0.15) is 0 Å². The topological polar surface area (TPSA) is 24.5 Å². The summed E-state index contributed by atoms with van der Waals surface area (Å²) in [5, 5.41) is 3.46. The molecule has 3 aliphatic rings. The Morgan fingerprint density at radius 1 is 1.00 bits per heavy atom. The van der Waals surface area contributed by atoms with Gasteiger partial charge in [-0.05, 0) is 64.1 Å². The van der Waals surface area contributed by atoms with Gasteiger partial charge in [0.1, 0.15) is 0 Å². The van der Waals surface area contributed by atoms with Crippen LogP contribution in [0.25, 0.3) is 0 Å². The second kappa shape index (κ2) is 8.68. The first-order chi connectivity index (χ1) is 8.42. The van der Waals surface area contributed by atoms with Crippen molar-refractivity contribution in [1.29, 1.82) is 0 Å². The van der Waals surface area contributed by atoms with E-state index in [1.165, 1.54) is 64.7 Å². The summed E-state index contributed by atoms with van der Waals surface area (Å²) in [6, 6.07) is 0.823. The van der Waals surface area contributed by atoms with Crippen LogP contribution in [0.3, 0.4) is 0 Å². The van der Waals surface area contributed by atoms with Crippen LogP contribution in [0.4, 0.5) is 0 Å².